The number of carbonyl (C=O) groups is 3. The van der Waals surface area contributed by atoms with E-state index in [-0.39, 0.29) is 24.2 Å². The highest BCUT2D eigenvalue weighted by Crippen LogP contribution is 2.58. The fourth-order valence-electron chi connectivity index (χ4n) is 5.46. The van der Waals surface area contributed by atoms with E-state index in [9.17, 15) is 14.4 Å². The first kappa shape index (κ1) is 19.6. The van der Waals surface area contributed by atoms with Gasteiger partial charge < -0.3 is 19.1 Å². The van der Waals surface area contributed by atoms with Crippen molar-refractivity contribution in [2.75, 3.05) is 27.8 Å². The minimum atomic E-state index is -0.568. The number of likely N-dealkylation sites (tertiary alicyclic amines) is 1. The number of ether oxygens (including phenoxy) is 3. The summed E-state index contributed by atoms with van der Waals surface area (Å²) in [5.74, 6) is 0.493. The summed E-state index contributed by atoms with van der Waals surface area (Å²) >= 11 is 0. The molecule has 1 heterocycles. The maximum Gasteiger partial charge on any atom is 0.308 e. The van der Waals surface area contributed by atoms with Crippen LogP contribution in [0.25, 0.3) is 0 Å². The van der Waals surface area contributed by atoms with E-state index in [1.807, 2.05) is 6.08 Å². The molecule has 0 N–H and O–H groups in total. The molecule has 0 saturated carbocycles. The maximum atomic E-state index is 12.9. The van der Waals surface area contributed by atoms with E-state index in [1.54, 1.807) is 6.07 Å². The first-order valence-electron chi connectivity index (χ1n) is 9.73. The largest absolute Gasteiger partial charge is 0.493 e. The van der Waals surface area contributed by atoms with Gasteiger partial charge in [0.25, 0.3) is 0 Å². The van der Waals surface area contributed by atoms with Gasteiger partial charge >= 0.3 is 5.97 Å². The summed E-state index contributed by atoms with van der Waals surface area (Å²) in [5.41, 5.74) is 1.55. The molecule has 2 bridgehead atoms. The second-order valence-corrected chi connectivity index (χ2v) is 8.08. The number of hydrogen-bond acceptors (Lipinski definition) is 7. The van der Waals surface area contributed by atoms with E-state index in [2.05, 4.69) is 11.9 Å². The number of likely N-dealkylation sites (N-methyl/N-ethyl adjacent to an activating group) is 1. The van der Waals surface area contributed by atoms with Crippen LogP contribution in [0.15, 0.2) is 17.9 Å². The van der Waals surface area contributed by atoms with Gasteiger partial charge in [-0.25, -0.2) is 0 Å². The fraction of sp³-hybridized carbons (Fsp3) is 0.500. The lowest BCUT2D eigenvalue weighted by Crippen LogP contribution is -2.60. The summed E-state index contributed by atoms with van der Waals surface area (Å²) in [6.07, 6.45) is 4.30. The third kappa shape index (κ3) is 2.79. The van der Waals surface area contributed by atoms with E-state index >= 15 is 0 Å². The van der Waals surface area contributed by atoms with Gasteiger partial charge in [-0.3, -0.25) is 14.4 Å². The molecule has 3 atom stereocenters. The number of fused-ring (bicyclic) bond motifs is 1. The molecule has 0 aromatic heterocycles. The van der Waals surface area contributed by atoms with E-state index in [0.717, 1.165) is 24.0 Å². The Bertz CT molecular complexity index is 936. The van der Waals surface area contributed by atoms with Crippen LogP contribution in [0.4, 0.5) is 0 Å². The molecule has 154 valence electrons. The maximum absolute atomic E-state index is 12.9. The van der Waals surface area contributed by atoms with Crippen molar-refractivity contribution in [2.45, 2.75) is 37.6 Å². The summed E-state index contributed by atoms with van der Waals surface area (Å²) in [7, 11) is 5.05. The lowest BCUT2D eigenvalue weighted by atomic mass is 9.53. The van der Waals surface area contributed by atoms with Crippen LogP contribution in [-0.4, -0.2) is 56.8 Å². The van der Waals surface area contributed by atoms with Crippen LogP contribution in [-0.2, 0) is 26.2 Å². The predicted octanol–water partition coefficient (Wildman–Crippen LogP) is 2.05. The van der Waals surface area contributed by atoms with Gasteiger partial charge in [-0.2, -0.15) is 0 Å². The number of methoxy groups -OCH3 is 2. The van der Waals surface area contributed by atoms with Gasteiger partial charge in [0.1, 0.15) is 6.29 Å². The number of carbonyl (C=O) groups excluding carboxylic acids is 3. The third-order valence-electron chi connectivity index (χ3n) is 6.72. The molecule has 1 aromatic rings. The summed E-state index contributed by atoms with van der Waals surface area (Å²) in [5, 5.41) is 0. The van der Waals surface area contributed by atoms with Crippen LogP contribution in [0.2, 0.25) is 0 Å². The normalized spacial score (nSPS) is 28.0. The van der Waals surface area contributed by atoms with Gasteiger partial charge in [-0.15, -0.1) is 0 Å². The molecule has 29 heavy (non-hydrogen) atoms. The van der Waals surface area contributed by atoms with Crippen LogP contribution in [0, 0.1) is 5.92 Å². The molecular weight excluding hydrogens is 374 g/mol. The SMILES string of the molecule is COC1=C[C@@H]2[C@@H]3Cc4c(C=O)cc(OC)c(OC(C)=O)c4[C@]2(CCN3C)CC1=O. The molecular formula is C22H25NO6. The molecule has 1 aliphatic heterocycles. The monoisotopic (exact) mass is 399 g/mol. The van der Waals surface area contributed by atoms with Gasteiger partial charge in [0.15, 0.2) is 23.0 Å². The number of esters is 1. The number of rotatable bonds is 4. The molecule has 0 unspecified atom stereocenters. The van der Waals surface area contributed by atoms with Gasteiger partial charge in [0.2, 0.25) is 0 Å². The molecule has 2 aliphatic carbocycles. The Labute approximate surface area is 169 Å². The minimum Gasteiger partial charge on any atom is -0.493 e. The van der Waals surface area contributed by atoms with E-state index in [4.69, 9.17) is 14.2 Å². The minimum absolute atomic E-state index is 0.00214. The quantitative estimate of drug-likeness (QED) is 0.435. The highest BCUT2D eigenvalue weighted by Gasteiger charge is 2.57. The number of nitrogens with zero attached hydrogens (tertiary/aromatic N) is 1. The van der Waals surface area contributed by atoms with Crippen LogP contribution in [0.5, 0.6) is 11.5 Å². The molecule has 0 spiro atoms. The van der Waals surface area contributed by atoms with Crippen LogP contribution >= 0.6 is 0 Å². The predicted molar refractivity (Wildman–Crippen MR) is 104 cm³/mol. The number of piperidine rings is 1. The highest BCUT2D eigenvalue weighted by atomic mass is 16.6. The van der Waals surface area contributed by atoms with Gasteiger partial charge in [-0.1, -0.05) is 0 Å². The number of ketones is 1. The Morgan fingerprint density at radius 2 is 2.07 bits per heavy atom. The van der Waals surface area contributed by atoms with Crippen molar-refractivity contribution in [2.24, 2.45) is 5.92 Å². The smallest absolute Gasteiger partial charge is 0.308 e. The zero-order valence-corrected chi connectivity index (χ0v) is 17.1. The molecule has 4 rings (SSSR count). The van der Waals surface area contributed by atoms with Gasteiger partial charge in [0, 0.05) is 41.8 Å². The van der Waals surface area contributed by atoms with Crippen molar-refractivity contribution in [3.8, 4) is 11.5 Å². The first-order valence-corrected chi connectivity index (χ1v) is 9.73. The Morgan fingerprint density at radius 3 is 2.69 bits per heavy atom. The summed E-state index contributed by atoms with van der Waals surface area (Å²) in [6, 6.07) is 1.74. The topological polar surface area (TPSA) is 82.1 Å². The standard InChI is InChI=1S/C22H25NO6/c1-12(25)29-21-19(28-4)7-13(11-24)14-8-16-15-9-18(27-3)17(26)10-22(15,20(14)21)5-6-23(16)2/h7,9,11,15-16H,5-6,8,10H2,1-4H3/t15-,16+,22-/m1/s1. The summed E-state index contributed by atoms with van der Waals surface area (Å²) in [6.45, 7) is 2.14. The van der Waals surface area contributed by atoms with Gasteiger partial charge in [0.05, 0.1) is 14.2 Å². The average molecular weight is 399 g/mol. The number of benzene rings is 1. The van der Waals surface area contributed by atoms with Crippen molar-refractivity contribution in [1.29, 1.82) is 0 Å². The zero-order chi connectivity index (χ0) is 20.9. The molecule has 3 aliphatic rings. The van der Waals surface area contributed by atoms with Crippen molar-refractivity contribution in [3.05, 3.63) is 34.6 Å². The second-order valence-electron chi connectivity index (χ2n) is 8.08. The number of allylic oxidation sites excluding steroid dienone is 1. The Morgan fingerprint density at radius 1 is 1.31 bits per heavy atom. The number of aldehydes is 1. The van der Waals surface area contributed by atoms with Crippen LogP contribution in [0.1, 0.15) is 41.3 Å². The second kappa shape index (κ2) is 6.99. The molecule has 7 nitrogen and oxygen atoms in total. The summed E-state index contributed by atoms with van der Waals surface area (Å²) in [4.78, 5) is 39.0. The zero-order valence-electron chi connectivity index (χ0n) is 17.1. The third-order valence-corrected chi connectivity index (χ3v) is 6.72. The Balaban J connectivity index is 2.06. The van der Waals surface area contributed by atoms with Crippen LogP contribution < -0.4 is 9.47 Å². The Kier molecular flexibility index (Phi) is 4.73. The highest BCUT2D eigenvalue weighted by molar-refractivity contribution is 5.96. The molecule has 1 aromatic carbocycles. The lowest BCUT2D eigenvalue weighted by molar-refractivity contribution is -0.132. The lowest BCUT2D eigenvalue weighted by Gasteiger charge is -2.56. The van der Waals surface area contributed by atoms with E-state index in [1.165, 1.54) is 21.1 Å². The number of Topliss-reactive ketones (excluding diaryl/α,β-unsaturated/α-hetero) is 1. The van der Waals surface area contributed by atoms with Gasteiger partial charge in [-0.05, 0) is 44.1 Å². The molecule has 0 radical (unpaired) electrons. The molecule has 1 saturated heterocycles. The van der Waals surface area contributed by atoms with Crippen molar-refractivity contribution in [1.82, 2.24) is 4.90 Å². The van der Waals surface area contributed by atoms with E-state index in [0.29, 0.717) is 35.7 Å². The summed E-state index contributed by atoms with van der Waals surface area (Å²) < 4.78 is 16.5. The van der Waals surface area contributed by atoms with Crippen LogP contribution in [0.3, 0.4) is 0 Å². The first-order chi connectivity index (χ1) is 13.9. The van der Waals surface area contributed by atoms with E-state index < -0.39 is 11.4 Å². The molecule has 0 amide bonds. The number of hydrogen-bond donors (Lipinski definition) is 0. The Hall–Kier alpha value is -2.67. The molecule has 7 heteroatoms. The van der Waals surface area contributed by atoms with Crippen molar-refractivity contribution >= 4 is 18.0 Å². The van der Waals surface area contributed by atoms with Crippen molar-refractivity contribution in [3.63, 3.8) is 0 Å². The average Bonchev–Trinajstić information content (AvgIpc) is 2.69. The van der Waals surface area contributed by atoms with Crippen molar-refractivity contribution < 1.29 is 28.6 Å². The fourth-order valence-corrected chi connectivity index (χ4v) is 5.46. The molecule has 1 fully saturated rings.